The van der Waals surface area contributed by atoms with Crippen molar-refractivity contribution < 1.29 is 19.0 Å². The van der Waals surface area contributed by atoms with E-state index in [1.54, 1.807) is 7.11 Å². The minimum Gasteiger partial charge on any atom is -0.382 e. The molecule has 0 spiro atoms. The van der Waals surface area contributed by atoms with E-state index in [1.807, 2.05) is 0 Å². The van der Waals surface area contributed by atoms with E-state index in [-0.39, 0.29) is 11.8 Å². The van der Waals surface area contributed by atoms with E-state index in [1.165, 1.54) is 0 Å². The second kappa shape index (κ2) is 8.50. The molecule has 0 aromatic rings. The van der Waals surface area contributed by atoms with Crippen LogP contribution in [0.5, 0.6) is 0 Å². The summed E-state index contributed by atoms with van der Waals surface area (Å²) in [6.45, 7) is 3.82. The van der Waals surface area contributed by atoms with Crippen LogP contribution in [0.3, 0.4) is 0 Å². The van der Waals surface area contributed by atoms with Gasteiger partial charge < -0.3 is 19.5 Å². The van der Waals surface area contributed by atoms with Gasteiger partial charge in [0.15, 0.2) is 0 Å². The summed E-state index contributed by atoms with van der Waals surface area (Å²) in [5, 5.41) is 2.81. The first kappa shape index (κ1) is 13.4. The zero-order chi connectivity index (χ0) is 11.6. The number of carbonyl (C=O) groups excluding carboxylic acids is 1. The van der Waals surface area contributed by atoms with Gasteiger partial charge in [-0.15, -0.1) is 0 Å². The SMILES string of the molecule is COCCOCCOCCC1CCNC1=O. The van der Waals surface area contributed by atoms with E-state index in [4.69, 9.17) is 14.2 Å². The first-order valence-electron chi connectivity index (χ1n) is 5.76. The highest BCUT2D eigenvalue weighted by Gasteiger charge is 2.23. The molecule has 0 saturated carbocycles. The van der Waals surface area contributed by atoms with Gasteiger partial charge in [-0.25, -0.2) is 0 Å². The largest absolute Gasteiger partial charge is 0.382 e. The summed E-state index contributed by atoms with van der Waals surface area (Å²) in [5.74, 6) is 0.314. The molecule has 1 amide bonds. The lowest BCUT2D eigenvalue weighted by Crippen LogP contribution is -2.20. The van der Waals surface area contributed by atoms with Crippen molar-refractivity contribution in [3.63, 3.8) is 0 Å². The number of hydrogen-bond acceptors (Lipinski definition) is 4. The van der Waals surface area contributed by atoms with Crippen molar-refractivity contribution in [1.29, 1.82) is 0 Å². The van der Waals surface area contributed by atoms with E-state index in [9.17, 15) is 4.79 Å². The average molecular weight is 231 g/mol. The van der Waals surface area contributed by atoms with Crippen LogP contribution in [-0.4, -0.2) is 52.6 Å². The average Bonchev–Trinajstić information content (AvgIpc) is 2.68. The Balaban J connectivity index is 1.83. The molecule has 1 fully saturated rings. The molecule has 1 atom stereocenters. The molecule has 0 aromatic heterocycles. The van der Waals surface area contributed by atoms with Crippen LogP contribution in [0.4, 0.5) is 0 Å². The second-order valence-corrected chi connectivity index (χ2v) is 3.78. The molecule has 1 aliphatic rings. The lowest BCUT2D eigenvalue weighted by atomic mass is 10.1. The molecular formula is C11H21NO4. The number of rotatable bonds is 9. The number of amides is 1. The Labute approximate surface area is 96.4 Å². The van der Waals surface area contributed by atoms with E-state index in [0.29, 0.717) is 33.0 Å². The Hall–Kier alpha value is -0.650. The summed E-state index contributed by atoms with van der Waals surface area (Å²) in [6, 6.07) is 0. The molecule has 1 aliphatic heterocycles. The summed E-state index contributed by atoms with van der Waals surface area (Å²) in [6.07, 6.45) is 1.75. The van der Waals surface area contributed by atoms with Gasteiger partial charge in [0, 0.05) is 26.2 Å². The van der Waals surface area contributed by atoms with Crippen LogP contribution in [0.25, 0.3) is 0 Å². The minimum absolute atomic E-state index is 0.148. The molecule has 0 aliphatic carbocycles. The topological polar surface area (TPSA) is 56.8 Å². The van der Waals surface area contributed by atoms with Crippen molar-refractivity contribution in [3.05, 3.63) is 0 Å². The lowest BCUT2D eigenvalue weighted by Gasteiger charge is -2.08. The normalized spacial score (nSPS) is 20.1. The third-order valence-electron chi connectivity index (χ3n) is 2.58. The molecule has 94 valence electrons. The summed E-state index contributed by atoms with van der Waals surface area (Å²) in [5.41, 5.74) is 0. The number of carbonyl (C=O) groups is 1. The standard InChI is InChI=1S/C11H21NO4/c1-14-6-7-16-9-8-15-5-3-10-2-4-12-11(10)13/h10H,2-9H2,1H3,(H,12,13). The predicted molar refractivity (Wildman–Crippen MR) is 59.2 cm³/mol. The van der Waals surface area contributed by atoms with Crippen molar-refractivity contribution in [2.24, 2.45) is 5.92 Å². The zero-order valence-corrected chi connectivity index (χ0v) is 9.87. The van der Waals surface area contributed by atoms with Crippen LogP contribution >= 0.6 is 0 Å². The summed E-state index contributed by atoms with van der Waals surface area (Å²) >= 11 is 0. The Morgan fingerprint density at radius 1 is 1.19 bits per heavy atom. The Kier molecular flexibility index (Phi) is 7.12. The molecule has 0 bridgehead atoms. The maximum atomic E-state index is 11.2. The van der Waals surface area contributed by atoms with Crippen LogP contribution in [0, 0.1) is 5.92 Å². The first-order chi connectivity index (χ1) is 7.84. The number of hydrogen-bond donors (Lipinski definition) is 1. The van der Waals surface area contributed by atoms with Crippen molar-refractivity contribution in [1.82, 2.24) is 5.32 Å². The maximum Gasteiger partial charge on any atom is 0.223 e. The molecule has 1 unspecified atom stereocenters. The molecule has 1 heterocycles. The summed E-state index contributed by atoms with van der Waals surface area (Å²) in [7, 11) is 1.65. The fraction of sp³-hybridized carbons (Fsp3) is 0.909. The van der Waals surface area contributed by atoms with E-state index < -0.39 is 0 Å². The molecular weight excluding hydrogens is 210 g/mol. The third-order valence-corrected chi connectivity index (χ3v) is 2.58. The second-order valence-electron chi connectivity index (χ2n) is 3.78. The molecule has 0 aromatic carbocycles. The highest BCUT2D eigenvalue weighted by atomic mass is 16.5. The monoisotopic (exact) mass is 231 g/mol. The van der Waals surface area contributed by atoms with Crippen LogP contribution in [0.15, 0.2) is 0 Å². The van der Waals surface area contributed by atoms with Gasteiger partial charge in [-0.3, -0.25) is 4.79 Å². The van der Waals surface area contributed by atoms with Gasteiger partial charge in [0.2, 0.25) is 5.91 Å². The maximum absolute atomic E-state index is 11.2. The van der Waals surface area contributed by atoms with Crippen molar-refractivity contribution in [2.75, 3.05) is 46.7 Å². The van der Waals surface area contributed by atoms with Gasteiger partial charge in [0.05, 0.1) is 26.4 Å². The van der Waals surface area contributed by atoms with Gasteiger partial charge in [-0.2, -0.15) is 0 Å². The van der Waals surface area contributed by atoms with Crippen molar-refractivity contribution in [3.8, 4) is 0 Å². The van der Waals surface area contributed by atoms with Crippen LogP contribution in [-0.2, 0) is 19.0 Å². The smallest absolute Gasteiger partial charge is 0.223 e. The first-order valence-corrected chi connectivity index (χ1v) is 5.76. The molecule has 1 saturated heterocycles. The number of ether oxygens (including phenoxy) is 3. The quantitative estimate of drug-likeness (QED) is 0.576. The molecule has 1 rings (SSSR count). The van der Waals surface area contributed by atoms with Crippen molar-refractivity contribution in [2.45, 2.75) is 12.8 Å². The molecule has 0 radical (unpaired) electrons. The van der Waals surface area contributed by atoms with Gasteiger partial charge >= 0.3 is 0 Å². The Morgan fingerprint density at radius 3 is 2.50 bits per heavy atom. The summed E-state index contributed by atoms with van der Waals surface area (Å²) < 4.78 is 15.5. The highest BCUT2D eigenvalue weighted by Crippen LogP contribution is 2.13. The van der Waals surface area contributed by atoms with E-state index in [2.05, 4.69) is 5.32 Å². The predicted octanol–water partition coefficient (Wildman–Crippen LogP) is 0.192. The van der Waals surface area contributed by atoms with Crippen LogP contribution in [0.2, 0.25) is 0 Å². The number of methoxy groups -OCH3 is 1. The van der Waals surface area contributed by atoms with Crippen LogP contribution < -0.4 is 5.32 Å². The molecule has 5 heteroatoms. The van der Waals surface area contributed by atoms with E-state index >= 15 is 0 Å². The van der Waals surface area contributed by atoms with E-state index in [0.717, 1.165) is 19.4 Å². The fourth-order valence-electron chi connectivity index (χ4n) is 1.61. The van der Waals surface area contributed by atoms with Crippen LogP contribution in [0.1, 0.15) is 12.8 Å². The Bertz CT molecular complexity index is 198. The van der Waals surface area contributed by atoms with Gasteiger partial charge in [0.1, 0.15) is 0 Å². The number of nitrogens with one attached hydrogen (secondary N) is 1. The van der Waals surface area contributed by atoms with Gasteiger partial charge in [0.25, 0.3) is 0 Å². The fourth-order valence-corrected chi connectivity index (χ4v) is 1.61. The Morgan fingerprint density at radius 2 is 1.88 bits per heavy atom. The lowest BCUT2D eigenvalue weighted by molar-refractivity contribution is -0.123. The summed E-state index contributed by atoms with van der Waals surface area (Å²) in [4.78, 5) is 11.2. The molecule has 5 nitrogen and oxygen atoms in total. The molecule has 16 heavy (non-hydrogen) atoms. The van der Waals surface area contributed by atoms with Gasteiger partial charge in [-0.1, -0.05) is 0 Å². The highest BCUT2D eigenvalue weighted by molar-refractivity contribution is 5.80. The third kappa shape index (κ3) is 5.44. The molecule has 1 N–H and O–H groups in total. The zero-order valence-electron chi connectivity index (χ0n) is 9.87. The minimum atomic E-state index is 0.148. The van der Waals surface area contributed by atoms with Crippen molar-refractivity contribution >= 4 is 5.91 Å². The van der Waals surface area contributed by atoms with Gasteiger partial charge in [-0.05, 0) is 12.8 Å².